The number of piperazine rings is 1. The van der Waals surface area contributed by atoms with Crippen LogP contribution in [0.1, 0.15) is 40.7 Å². The number of methoxy groups -OCH3 is 1. The number of nitriles is 1. The third-order valence-corrected chi connectivity index (χ3v) is 5.42. The normalized spacial score (nSPS) is 14.2. The molecule has 1 aliphatic heterocycles. The lowest BCUT2D eigenvalue weighted by atomic mass is 10.0. The molecular weight excluding hydrogens is 378 g/mol. The van der Waals surface area contributed by atoms with Gasteiger partial charge < -0.3 is 9.64 Å². The average Bonchev–Trinajstić information content (AvgIpc) is 2.80. The molecule has 1 amide bonds. The molecule has 0 N–H and O–H groups in total. The van der Waals surface area contributed by atoms with E-state index in [1.54, 1.807) is 31.4 Å². The first-order valence-corrected chi connectivity index (χ1v) is 10.3. The largest absolute Gasteiger partial charge is 0.497 e. The van der Waals surface area contributed by atoms with E-state index in [9.17, 15) is 9.59 Å². The van der Waals surface area contributed by atoms with Gasteiger partial charge in [0.05, 0.1) is 18.7 Å². The van der Waals surface area contributed by atoms with Gasteiger partial charge in [0.25, 0.3) is 0 Å². The number of carbonyl (C=O) groups excluding carboxylic acids is 2. The minimum Gasteiger partial charge on any atom is -0.497 e. The summed E-state index contributed by atoms with van der Waals surface area (Å²) in [5.74, 6) is 0.897. The maximum absolute atomic E-state index is 12.5. The molecule has 0 aromatic heterocycles. The van der Waals surface area contributed by atoms with Gasteiger partial charge in [-0.2, -0.15) is 5.26 Å². The van der Waals surface area contributed by atoms with Crippen molar-refractivity contribution in [2.45, 2.75) is 25.8 Å². The fourth-order valence-electron chi connectivity index (χ4n) is 3.58. The van der Waals surface area contributed by atoms with Crippen LogP contribution in [0.25, 0.3) is 0 Å². The van der Waals surface area contributed by atoms with E-state index < -0.39 is 0 Å². The van der Waals surface area contributed by atoms with Crippen LogP contribution in [0.3, 0.4) is 0 Å². The fourth-order valence-corrected chi connectivity index (χ4v) is 3.58. The Morgan fingerprint density at radius 3 is 2.23 bits per heavy atom. The molecule has 0 bridgehead atoms. The van der Waals surface area contributed by atoms with Crippen LogP contribution < -0.4 is 4.74 Å². The molecule has 1 heterocycles. The second kappa shape index (κ2) is 10.6. The molecular formula is C24H27N3O3. The molecule has 0 saturated carbocycles. The first-order valence-electron chi connectivity index (χ1n) is 10.3. The zero-order valence-electron chi connectivity index (χ0n) is 17.3. The Morgan fingerprint density at radius 2 is 1.63 bits per heavy atom. The van der Waals surface area contributed by atoms with E-state index in [4.69, 9.17) is 10.00 Å². The molecule has 2 aromatic carbocycles. The molecule has 6 heteroatoms. The zero-order valence-corrected chi connectivity index (χ0v) is 17.3. The number of nitrogens with zero attached hydrogens (tertiary/aromatic N) is 3. The number of carbonyl (C=O) groups is 2. The van der Waals surface area contributed by atoms with Gasteiger partial charge in [-0.1, -0.05) is 12.1 Å². The predicted octanol–water partition coefficient (Wildman–Crippen LogP) is 3.26. The fraction of sp³-hybridized carbons (Fsp3) is 0.375. The molecule has 0 radical (unpaired) electrons. The molecule has 0 aliphatic carbocycles. The Bertz CT molecular complexity index is 893. The van der Waals surface area contributed by atoms with Gasteiger partial charge >= 0.3 is 0 Å². The molecule has 1 aliphatic rings. The van der Waals surface area contributed by atoms with Gasteiger partial charge in [0, 0.05) is 51.1 Å². The van der Waals surface area contributed by atoms with Crippen LogP contribution in [-0.2, 0) is 11.3 Å². The molecule has 1 saturated heterocycles. The maximum atomic E-state index is 12.5. The molecule has 1 fully saturated rings. The Morgan fingerprint density at radius 1 is 0.967 bits per heavy atom. The van der Waals surface area contributed by atoms with E-state index in [-0.39, 0.29) is 11.7 Å². The van der Waals surface area contributed by atoms with E-state index in [2.05, 4.69) is 11.0 Å². The maximum Gasteiger partial charge on any atom is 0.222 e. The molecule has 2 aromatic rings. The Kier molecular flexibility index (Phi) is 7.58. The summed E-state index contributed by atoms with van der Waals surface area (Å²) in [6.45, 7) is 3.90. The van der Waals surface area contributed by atoms with E-state index >= 15 is 0 Å². The summed E-state index contributed by atoms with van der Waals surface area (Å²) in [6, 6.07) is 16.8. The van der Waals surface area contributed by atoms with Crippen LogP contribution in [0.4, 0.5) is 0 Å². The monoisotopic (exact) mass is 405 g/mol. The Balaban J connectivity index is 1.37. The molecule has 156 valence electrons. The van der Waals surface area contributed by atoms with Gasteiger partial charge in [0.1, 0.15) is 5.75 Å². The summed E-state index contributed by atoms with van der Waals surface area (Å²) in [5, 5.41) is 8.88. The number of benzene rings is 2. The number of ketones is 1. The Hall–Kier alpha value is -3.17. The van der Waals surface area contributed by atoms with Crippen molar-refractivity contribution >= 4 is 11.7 Å². The highest BCUT2D eigenvalue weighted by Crippen LogP contribution is 2.15. The standard InChI is InChI=1S/C24H27N3O3/c1-30-22-11-9-21(10-12-22)23(28)3-2-4-24(29)27-15-13-26(14-16-27)18-20-7-5-19(17-25)6-8-20/h5-12H,2-4,13-16,18H2,1H3. The van der Waals surface area contributed by atoms with Gasteiger partial charge in [-0.25, -0.2) is 0 Å². The number of Topliss-reactive ketones (excluding diaryl/α,β-unsaturated/α-hetero) is 1. The lowest BCUT2D eigenvalue weighted by molar-refractivity contribution is -0.133. The minimum atomic E-state index is 0.0534. The summed E-state index contributed by atoms with van der Waals surface area (Å²) < 4.78 is 5.10. The topological polar surface area (TPSA) is 73.6 Å². The van der Waals surface area contributed by atoms with Crippen molar-refractivity contribution in [3.05, 3.63) is 65.2 Å². The van der Waals surface area contributed by atoms with Crippen molar-refractivity contribution in [3.63, 3.8) is 0 Å². The second-order valence-corrected chi connectivity index (χ2v) is 7.47. The summed E-state index contributed by atoms with van der Waals surface area (Å²) in [7, 11) is 1.59. The SMILES string of the molecule is COc1ccc(C(=O)CCCC(=O)N2CCN(Cc3ccc(C#N)cc3)CC2)cc1. The molecule has 6 nitrogen and oxygen atoms in total. The third-order valence-electron chi connectivity index (χ3n) is 5.42. The van der Waals surface area contributed by atoms with E-state index in [0.717, 1.165) is 25.4 Å². The van der Waals surface area contributed by atoms with Crippen LogP contribution in [-0.4, -0.2) is 54.8 Å². The van der Waals surface area contributed by atoms with Crippen LogP contribution in [0.2, 0.25) is 0 Å². The van der Waals surface area contributed by atoms with E-state index in [0.29, 0.717) is 43.5 Å². The van der Waals surface area contributed by atoms with E-state index in [1.165, 1.54) is 5.56 Å². The van der Waals surface area contributed by atoms with Crippen molar-refractivity contribution in [3.8, 4) is 11.8 Å². The molecule has 0 spiro atoms. The van der Waals surface area contributed by atoms with Crippen LogP contribution in [0.15, 0.2) is 48.5 Å². The summed E-state index contributed by atoms with van der Waals surface area (Å²) in [5.41, 5.74) is 2.49. The lowest BCUT2D eigenvalue weighted by Gasteiger charge is -2.34. The number of hydrogen-bond donors (Lipinski definition) is 0. The van der Waals surface area contributed by atoms with Gasteiger partial charge in [-0.05, 0) is 48.4 Å². The quantitative estimate of drug-likeness (QED) is 0.630. The number of amides is 1. The van der Waals surface area contributed by atoms with Crippen LogP contribution >= 0.6 is 0 Å². The second-order valence-electron chi connectivity index (χ2n) is 7.47. The van der Waals surface area contributed by atoms with Crippen LogP contribution in [0, 0.1) is 11.3 Å². The predicted molar refractivity (Wildman–Crippen MR) is 114 cm³/mol. The van der Waals surface area contributed by atoms with Crippen molar-refractivity contribution in [2.24, 2.45) is 0 Å². The number of hydrogen-bond acceptors (Lipinski definition) is 5. The first-order chi connectivity index (χ1) is 14.6. The zero-order chi connectivity index (χ0) is 21.3. The van der Waals surface area contributed by atoms with Crippen LogP contribution in [0.5, 0.6) is 5.75 Å². The molecule has 3 rings (SSSR count). The average molecular weight is 405 g/mol. The third kappa shape index (κ3) is 5.91. The van der Waals surface area contributed by atoms with Crippen molar-refractivity contribution in [1.29, 1.82) is 5.26 Å². The van der Waals surface area contributed by atoms with Gasteiger partial charge in [0.15, 0.2) is 5.78 Å². The lowest BCUT2D eigenvalue weighted by Crippen LogP contribution is -2.48. The van der Waals surface area contributed by atoms with Gasteiger partial charge in [0.2, 0.25) is 5.91 Å². The molecule has 0 atom stereocenters. The number of rotatable bonds is 8. The van der Waals surface area contributed by atoms with Gasteiger partial charge in [-0.15, -0.1) is 0 Å². The number of ether oxygens (including phenoxy) is 1. The van der Waals surface area contributed by atoms with E-state index in [1.807, 2.05) is 29.2 Å². The minimum absolute atomic E-state index is 0.0534. The van der Waals surface area contributed by atoms with Crippen molar-refractivity contribution in [1.82, 2.24) is 9.80 Å². The molecule has 30 heavy (non-hydrogen) atoms. The summed E-state index contributed by atoms with van der Waals surface area (Å²) in [6.07, 6.45) is 1.34. The highest BCUT2D eigenvalue weighted by atomic mass is 16.5. The smallest absolute Gasteiger partial charge is 0.222 e. The first kappa shape index (κ1) is 21.5. The highest BCUT2D eigenvalue weighted by Gasteiger charge is 2.21. The van der Waals surface area contributed by atoms with Crippen molar-refractivity contribution in [2.75, 3.05) is 33.3 Å². The van der Waals surface area contributed by atoms with Gasteiger partial charge in [-0.3, -0.25) is 14.5 Å². The molecule has 0 unspecified atom stereocenters. The summed E-state index contributed by atoms with van der Waals surface area (Å²) >= 11 is 0. The van der Waals surface area contributed by atoms with Crippen molar-refractivity contribution < 1.29 is 14.3 Å². The Labute approximate surface area is 177 Å². The highest BCUT2D eigenvalue weighted by molar-refractivity contribution is 5.96. The summed E-state index contributed by atoms with van der Waals surface area (Å²) in [4.78, 5) is 29.0.